The monoisotopic (exact) mass is 538 g/mol. The van der Waals surface area contributed by atoms with Gasteiger partial charge in [0.25, 0.3) is 0 Å². The number of benzene rings is 1. The molecule has 2 aromatic heterocycles. The number of nitrogens with two attached hydrogens (primary N) is 1. The molecule has 1 aliphatic rings. The standard InChI is InChI=1S/C25H30ClF3N6O2/c1-14-10-15(2)21(18(26)11-14)35-9-5-6-17-22(34(4)32-23(17)35)16(19-12-31-13-33(19)3)7-8-20(30)37-24(36)25(27,28)29/h10-13,16,20H,5-9,30H2,1-4H3. The van der Waals surface area contributed by atoms with Crippen LogP contribution in [0.25, 0.3) is 0 Å². The average molecular weight is 539 g/mol. The first kappa shape index (κ1) is 27.0. The maximum absolute atomic E-state index is 12.6. The maximum atomic E-state index is 12.6. The van der Waals surface area contributed by atoms with Crippen LogP contribution >= 0.6 is 11.6 Å². The van der Waals surface area contributed by atoms with Gasteiger partial charge in [0, 0.05) is 44.0 Å². The Kier molecular flexibility index (Phi) is 7.57. The summed E-state index contributed by atoms with van der Waals surface area (Å²) in [4.78, 5) is 17.6. The summed E-state index contributed by atoms with van der Waals surface area (Å²) in [5, 5.41) is 5.52. The van der Waals surface area contributed by atoms with Crippen molar-refractivity contribution in [2.24, 2.45) is 19.8 Å². The Morgan fingerprint density at radius 2 is 1.97 bits per heavy atom. The van der Waals surface area contributed by atoms with Crippen LogP contribution < -0.4 is 10.6 Å². The molecule has 8 nitrogen and oxygen atoms in total. The van der Waals surface area contributed by atoms with E-state index in [0.717, 1.165) is 59.0 Å². The van der Waals surface area contributed by atoms with Crippen molar-refractivity contribution >= 4 is 29.1 Å². The van der Waals surface area contributed by atoms with E-state index in [-0.39, 0.29) is 12.3 Å². The molecule has 1 aromatic carbocycles. The first-order chi connectivity index (χ1) is 17.4. The minimum absolute atomic E-state index is 0.0181. The Balaban J connectivity index is 1.70. The molecule has 0 saturated carbocycles. The number of alkyl halides is 3. The molecule has 0 fully saturated rings. The molecular weight excluding hydrogens is 509 g/mol. The zero-order valence-electron chi connectivity index (χ0n) is 21.1. The van der Waals surface area contributed by atoms with E-state index in [1.165, 1.54) is 0 Å². The minimum atomic E-state index is -5.10. The highest BCUT2D eigenvalue weighted by molar-refractivity contribution is 6.33. The normalized spacial score (nSPS) is 15.4. The second-order valence-electron chi connectivity index (χ2n) is 9.48. The van der Waals surface area contributed by atoms with E-state index in [1.54, 1.807) is 12.5 Å². The largest absolute Gasteiger partial charge is 0.490 e. The number of rotatable bonds is 7. The lowest BCUT2D eigenvalue weighted by Gasteiger charge is -2.31. The quantitative estimate of drug-likeness (QED) is 0.343. The van der Waals surface area contributed by atoms with Crippen molar-refractivity contribution in [2.45, 2.75) is 57.9 Å². The molecule has 0 aliphatic carbocycles. The third kappa shape index (κ3) is 5.47. The fraction of sp³-hybridized carbons (Fsp3) is 0.480. The molecule has 4 rings (SSSR count). The first-order valence-electron chi connectivity index (χ1n) is 12.0. The molecular formula is C25H30ClF3N6O2. The highest BCUT2D eigenvalue weighted by atomic mass is 35.5. The number of carbonyl (C=O) groups excluding carboxylic acids is 1. The van der Waals surface area contributed by atoms with E-state index in [4.69, 9.17) is 22.4 Å². The number of imidazole rings is 1. The van der Waals surface area contributed by atoms with Gasteiger partial charge in [0.05, 0.1) is 22.7 Å². The zero-order chi connectivity index (χ0) is 27.1. The SMILES string of the molecule is Cc1cc(C)c(N2CCCc3c2nn(C)c3C(CCC(N)OC(=O)C(F)(F)F)c2cncn2C)c(Cl)c1. The summed E-state index contributed by atoms with van der Waals surface area (Å²) in [5.74, 6) is -1.78. The summed E-state index contributed by atoms with van der Waals surface area (Å²) in [7, 11) is 3.70. The van der Waals surface area contributed by atoms with Crippen LogP contribution in [-0.2, 0) is 30.0 Å². The smallest absolute Gasteiger partial charge is 0.440 e. The van der Waals surface area contributed by atoms with Crippen molar-refractivity contribution in [3.05, 3.63) is 57.8 Å². The van der Waals surface area contributed by atoms with E-state index in [1.807, 2.05) is 43.3 Å². The first-order valence-corrected chi connectivity index (χ1v) is 12.4. The number of ether oxygens (including phenoxy) is 1. The Hall–Kier alpha value is -3.05. The molecule has 0 spiro atoms. The number of anilines is 2. The summed E-state index contributed by atoms with van der Waals surface area (Å²) in [6, 6.07) is 4.02. The summed E-state index contributed by atoms with van der Waals surface area (Å²) < 4.78 is 46.0. The molecule has 0 bridgehead atoms. The molecule has 2 N–H and O–H groups in total. The molecule has 1 aliphatic heterocycles. The number of hydrogen-bond acceptors (Lipinski definition) is 6. The van der Waals surface area contributed by atoms with E-state index in [2.05, 4.69) is 20.7 Å². The number of fused-ring (bicyclic) bond motifs is 1. The topological polar surface area (TPSA) is 91.2 Å². The average Bonchev–Trinajstić information content (AvgIpc) is 3.36. The summed E-state index contributed by atoms with van der Waals surface area (Å²) in [5.41, 5.74) is 11.6. The van der Waals surface area contributed by atoms with Gasteiger partial charge in [-0.2, -0.15) is 18.3 Å². The molecule has 37 heavy (non-hydrogen) atoms. The van der Waals surface area contributed by atoms with Crippen LogP contribution in [0.15, 0.2) is 24.7 Å². The second kappa shape index (κ2) is 10.4. The van der Waals surface area contributed by atoms with Gasteiger partial charge in [-0.3, -0.25) is 10.4 Å². The number of aromatic nitrogens is 4. The van der Waals surface area contributed by atoms with Crippen molar-refractivity contribution in [3.8, 4) is 0 Å². The van der Waals surface area contributed by atoms with Crippen molar-refractivity contribution in [1.29, 1.82) is 0 Å². The van der Waals surface area contributed by atoms with Gasteiger partial charge < -0.3 is 14.2 Å². The molecule has 2 unspecified atom stereocenters. The summed E-state index contributed by atoms with van der Waals surface area (Å²) in [6.45, 7) is 4.77. The molecule has 3 heterocycles. The van der Waals surface area contributed by atoms with Gasteiger partial charge in [0.1, 0.15) is 0 Å². The number of carbonyl (C=O) groups is 1. The number of esters is 1. The molecule has 12 heteroatoms. The van der Waals surface area contributed by atoms with Crippen LogP contribution in [0.3, 0.4) is 0 Å². The van der Waals surface area contributed by atoms with Crippen LogP contribution in [0.4, 0.5) is 24.7 Å². The lowest BCUT2D eigenvalue weighted by atomic mass is 9.89. The molecule has 0 radical (unpaired) electrons. The van der Waals surface area contributed by atoms with Gasteiger partial charge in [-0.05, 0) is 56.7 Å². The van der Waals surface area contributed by atoms with Crippen LogP contribution in [-0.4, -0.2) is 44.2 Å². The van der Waals surface area contributed by atoms with E-state index in [0.29, 0.717) is 11.4 Å². The number of halogens is 4. The summed E-state index contributed by atoms with van der Waals surface area (Å²) >= 11 is 6.68. The van der Waals surface area contributed by atoms with Gasteiger partial charge in [0.2, 0.25) is 0 Å². The van der Waals surface area contributed by atoms with Gasteiger partial charge >= 0.3 is 12.1 Å². The minimum Gasteiger partial charge on any atom is -0.440 e. The molecule has 2 atom stereocenters. The molecule has 3 aromatic rings. The summed E-state index contributed by atoms with van der Waals surface area (Å²) in [6.07, 6.45) is -1.13. The molecule has 200 valence electrons. The molecule has 0 amide bonds. The Bertz CT molecular complexity index is 1280. The van der Waals surface area contributed by atoms with Crippen molar-refractivity contribution in [1.82, 2.24) is 19.3 Å². The maximum Gasteiger partial charge on any atom is 0.490 e. The number of nitrogens with zero attached hydrogens (tertiary/aromatic N) is 5. The van der Waals surface area contributed by atoms with Crippen molar-refractivity contribution in [2.75, 3.05) is 11.4 Å². The Morgan fingerprint density at radius 1 is 1.24 bits per heavy atom. The number of aryl methyl sites for hydroxylation is 4. The molecule has 0 saturated heterocycles. The van der Waals surface area contributed by atoms with Crippen LogP contribution in [0.5, 0.6) is 0 Å². The zero-order valence-corrected chi connectivity index (χ0v) is 21.9. The van der Waals surface area contributed by atoms with Crippen molar-refractivity contribution < 1.29 is 22.7 Å². The van der Waals surface area contributed by atoms with Crippen LogP contribution in [0, 0.1) is 13.8 Å². The lowest BCUT2D eigenvalue weighted by Crippen LogP contribution is -2.35. The third-order valence-corrected chi connectivity index (χ3v) is 6.96. The van der Waals surface area contributed by atoms with Gasteiger partial charge in [-0.15, -0.1) is 0 Å². The van der Waals surface area contributed by atoms with Crippen LogP contribution in [0.1, 0.15) is 53.3 Å². The van der Waals surface area contributed by atoms with Gasteiger partial charge in [-0.25, -0.2) is 9.78 Å². The second-order valence-corrected chi connectivity index (χ2v) is 9.89. The highest BCUT2D eigenvalue weighted by Crippen LogP contribution is 2.43. The van der Waals surface area contributed by atoms with E-state index < -0.39 is 18.4 Å². The third-order valence-electron chi connectivity index (χ3n) is 6.68. The Labute approximate surface area is 218 Å². The van der Waals surface area contributed by atoms with E-state index >= 15 is 0 Å². The highest BCUT2D eigenvalue weighted by Gasteiger charge is 2.42. The lowest BCUT2D eigenvalue weighted by molar-refractivity contribution is -0.204. The number of hydrogen-bond donors (Lipinski definition) is 1. The van der Waals surface area contributed by atoms with Crippen LogP contribution in [0.2, 0.25) is 5.02 Å². The fourth-order valence-corrected chi connectivity index (χ4v) is 5.59. The van der Waals surface area contributed by atoms with E-state index in [9.17, 15) is 18.0 Å². The fourth-order valence-electron chi connectivity index (χ4n) is 5.17. The van der Waals surface area contributed by atoms with Gasteiger partial charge in [0.15, 0.2) is 12.0 Å². The van der Waals surface area contributed by atoms with Gasteiger partial charge in [-0.1, -0.05) is 17.7 Å². The predicted molar refractivity (Wildman–Crippen MR) is 134 cm³/mol. The van der Waals surface area contributed by atoms with Crippen molar-refractivity contribution in [3.63, 3.8) is 0 Å². The Morgan fingerprint density at radius 3 is 2.59 bits per heavy atom. The predicted octanol–water partition coefficient (Wildman–Crippen LogP) is 4.81.